The van der Waals surface area contributed by atoms with Gasteiger partial charge in [0.25, 0.3) is 0 Å². The molecule has 1 aromatic rings. The first-order valence-corrected chi connectivity index (χ1v) is 6.95. The summed E-state index contributed by atoms with van der Waals surface area (Å²) in [5.74, 6) is -0.0188. The van der Waals surface area contributed by atoms with Gasteiger partial charge in [-0.3, -0.25) is 9.59 Å². The predicted octanol–water partition coefficient (Wildman–Crippen LogP) is 1.27. The highest BCUT2D eigenvalue weighted by atomic mass is 32.1. The van der Waals surface area contributed by atoms with Crippen molar-refractivity contribution >= 4 is 34.7 Å². The molecule has 2 amide bonds. The lowest BCUT2D eigenvalue weighted by Gasteiger charge is -2.15. The Kier molecular flexibility index (Phi) is 4.68. The van der Waals surface area contributed by atoms with Gasteiger partial charge in [0.1, 0.15) is 4.99 Å². The van der Waals surface area contributed by atoms with Gasteiger partial charge >= 0.3 is 0 Å². The Bertz CT molecular complexity index is 545. The van der Waals surface area contributed by atoms with Crippen LogP contribution in [0.4, 0.5) is 5.69 Å². The average Bonchev–Trinajstić information content (AvgIpc) is 2.82. The molecule has 3 N–H and O–H groups in total. The van der Waals surface area contributed by atoms with E-state index >= 15 is 0 Å². The number of nitrogens with one attached hydrogen (secondary N) is 1. The summed E-state index contributed by atoms with van der Waals surface area (Å²) in [6.45, 7) is 1.20. The van der Waals surface area contributed by atoms with Crippen LogP contribution in [0.15, 0.2) is 24.3 Å². The van der Waals surface area contributed by atoms with Crippen molar-refractivity contribution in [2.24, 2.45) is 5.73 Å². The van der Waals surface area contributed by atoms with E-state index in [-0.39, 0.29) is 23.2 Å². The molecular weight excluding hydrogens is 274 g/mol. The van der Waals surface area contributed by atoms with Crippen molar-refractivity contribution in [2.75, 3.05) is 18.4 Å². The number of carbonyl (C=O) groups excluding carboxylic acids is 2. The molecule has 1 aliphatic rings. The SMILES string of the molecule is NC(=S)c1ccccc1NC(=O)CCN1CCCC1=O. The van der Waals surface area contributed by atoms with Crippen LogP contribution in [0.1, 0.15) is 24.8 Å². The zero-order chi connectivity index (χ0) is 14.5. The quantitative estimate of drug-likeness (QED) is 0.801. The molecule has 0 saturated carbocycles. The summed E-state index contributed by atoms with van der Waals surface area (Å²) in [7, 11) is 0. The average molecular weight is 291 g/mol. The summed E-state index contributed by atoms with van der Waals surface area (Å²) in [5, 5.41) is 2.79. The molecule has 0 atom stereocenters. The second-order valence-electron chi connectivity index (χ2n) is 4.69. The van der Waals surface area contributed by atoms with E-state index in [2.05, 4.69) is 5.32 Å². The van der Waals surface area contributed by atoms with E-state index in [9.17, 15) is 9.59 Å². The lowest BCUT2D eigenvalue weighted by atomic mass is 10.1. The van der Waals surface area contributed by atoms with Crippen LogP contribution in [0.5, 0.6) is 0 Å². The number of benzene rings is 1. The van der Waals surface area contributed by atoms with E-state index in [1.807, 2.05) is 6.07 Å². The number of amides is 2. The highest BCUT2D eigenvalue weighted by molar-refractivity contribution is 7.80. The number of nitrogens with zero attached hydrogens (tertiary/aromatic N) is 1. The van der Waals surface area contributed by atoms with Crippen LogP contribution >= 0.6 is 12.2 Å². The molecule has 1 heterocycles. The van der Waals surface area contributed by atoms with Crippen LogP contribution in [0, 0.1) is 0 Å². The third kappa shape index (κ3) is 3.54. The molecule has 0 radical (unpaired) electrons. The number of hydrogen-bond donors (Lipinski definition) is 2. The summed E-state index contributed by atoms with van der Waals surface area (Å²) in [6.07, 6.45) is 1.74. The van der Waals surface area contributed by atoms with Crippen LogP contribution in [0.2, 0.25) is 0 Å². The van der Waals surface area contributed by atoms with Gasteiger partial charge in [0, 0.05) is 31.5 Å². The first-order valence-electron chi connectivity index (χ1n) is 6.54. The normalized spacial score (nSPS) is 14.4. The van der Waals surface area contributed by atoms with Crippen molar-refractivity contribution in [3.8, 4) is 0 Å². The van der Waals surface area contributed by atoms with Gasteiger partial charge in [-0.2, -0.15) is 0 Å². The fourth-order valence-electron chi connectivity index (χ4n) is 2.20. The maximum Gasteiger partial charge on any atom is 0.226 e. The number of nitrogens with two attached hydrogens (primary N) is 1. The lowest BCUT2D eigenvalue weighted by Crippen LogP contribution is -2.29. The van der Waals surface area contributed by atoms with Crippen molar-refractivity contribution < 1.29 is 9.59 Å². The van der Waals surface area contributed by atoms with Crippen LogP contribution in [0.25, 0.3) is 0 Å². The number of thiocarbonyl (C=S) groups is 1. The van der Waals surface area contributed by atoms with Crippen molar-refractivity contribution in [1.29, 1.82) is 0 Å². The van der Waals surface area contributed by atoms with Crippen LogP contribution in [-0.2, 0) is 9.59 Å². The highest BCUT2D eigenvalue weighted by Crippen LogP contribution is 2.15. The highest BCUT2D eigenvalue weighted by Gasteiger charge is 2.20. The van der Waals surface area contributed by atoms with Crippen LogP contribution in [-0.4, -0.2) is 34.8 Å². The lowest BCUT2D eigenvalue weighted by molar-refractivity contribution is -0.128. The molecule has 0 aliphatic carbocycles. The predicted molar refractivity (Wildman–Crippen MR) is 81.4 cm³/mol. The molecule has 1 saturated heterocycles. The van der Waals surface area contributed by atoms with Gasteiger partial charge in [-0.05, 0) is 18.6 Å². The Labute approximate surface area is 123 Å². The number of anilines is 1. The Morgan fingerprint density at radius 2 is 2.15 bits per heavy atom. The van der Waals surface area contributed by atoms with E-state index in [0.717, 1.165) is 13.0 Å². The smallest absolute Gasteiger partial charge is 0.226 e. The largest absolute Gasteiger partial charge is 0.389 e. The van der Waals surface area contributed by atoms with Crippen molar-refractivity contribution in [3.05, 3.63) is 29.8 Å². The first kappa shape index (κ1) is 14.5. The fourth-order valence-corrected chi connectivity index (χ4v) is 2.37. The van der Waals surface area contributed by atoms with Crippen LogP contribution < -0.4 is 11.1 Å². The second kappa shape index (κ2) is 6.47. The number of para-hydroxylation sites is 1. The maximum absolute atomic E-state index is 11.9. The molecule has 0 spiro atoms. The van der Waals surface area contributed by atoms with E-state index in [1.165, 1.54) is 0 Å². The third-order valence-electron chi connectivity index (χ3n) is 3.25. The number of rotatable bonds is 5. The fraction of sp³-hybridized carbons (Fsp3) is 0.357. The molecule has 0 unspecified atom stereocenters. The Balaban J connectivity index is 1.91. The Morgan fingerprint density at radius 1 is 1.40 bits per heavy atom. The summed E-state index contributed by atoms with van der Waals surface area (Å²) in [5.41, 5.74) is 6.86. The molecule has 1 aromatic carbocycles. The monoisotopic (exact) mass is 291 g/mol. The van der Waals surface area contributed by atoms with Gasteiger partial charge in [-0.15, -0.1) is 0 Å². The molecule has 6 heteroatoms. The van der Waals surface area contributed by atoms with Gasteiger partial charge < -0.3 is 16.0 Å². The minimum Gasteiger partial charge on any atom is -0.389 e. The van der Waals surface area contributed by atoms with E-state index in [4.69, 9.17) is 18.0 Å². The summed E-state index contributed by atoms with van der Waals surface area (Å²) >= 11 is 4.94. The van der Waals surface area contributed by atoms with E-state index in [0.29, 0.717) is 24.2 Å². The van der Waals surface area contributed by atoms with Gasteiger partial charge in [-0.1, -0.05) is 24.4 Å². The minimum absolute atomic E-state index is 0.126. The topological polar surface area (TPSA) is 75.4 Å². The van der Waals surface area contributed by atoms with Gasteiger partial charge in [0.05, 0.1) is 5.69 Å². The number of hydrogen-bond acceptors (Lipinski definition) is 3. The molecule has 2 rings (SSSR count). The van der Waals surface area contributed by atoms with E-state index < -0.39 is 0 Å². The summed E-state index contributed by atoms with van der Waals surface area (Å²) < 4.78 is 0. The molecule has 1 aliphatic heterocycles. The minimum atomic E-state index is -0.145. The van der Waals surface area contributed by atoms with Gasteiger partial charge in [0.15, 0.2) is 0 Å². The molecular formula is C14H17N3O2S. The second-order valence-corrected chi connectivity index (χ2v) is 5.13. The standard InChI is InChI=1S/C14H17N3O2S/c15-14(20)10-4-1-2-5-11(10)16-12(18)7-9-17-8-3-6-13(17)19/h1-2,4-5H,3,6-9H2,(H2,15,20)(H,16,18). The van der Waals surface area contributed by atoms with Gasteiger partial charge in [0.2, 0.25) is 11.8 Å². The number of likely N-dealkylation sites (tertiary alicyclic amines) is 1. The van der Waals surface area contributed by atoms with Crippen molar-refractivity contribution in [1.82, 2.24) is 4.90 Å². The van der Waals surface area contributed by atoms with Crippen LogP contribution in [0.3, 0.4) is 0 Å². The zero-order valence-corrected chi connectivity index (χ0v) is 11.9. The maximum atomic E-state index is 11.9. The van der Waals surface area contributed by atoms with Crippen molar-refractivity contribution in [2.45, 2.75) is 19.3 Å². The Hall–Kier alpha value is -1.95. The zero-order valence-electron chi connectivity index (χ0n) is 11.1. The molecule has 1 fully saturated rings. The number of carbonyl (C=O) groups is 2. The molecule has 0 aromatic heterocycles. The molecule has 5 nitrogen and oxygen atoms in total. The summed E-state index contributed by atoms with van der Waals surface area (Å²) in [6, 6.07) is 7.14. The first-order chi connectivity index (χ1) is 9.58. The van der Waals surface area contributed by atoms with E-state index in [1.54, 1.807) is 23.1 Å². The molecule has 20 heavy (non-hydrogen) atoms. The Morgan fingerprint density at radius 3 is 2.80 bits per heavy atom. The van der Waals surface area contributed by atoms with Crippen molar-refractivity contribution in [3.63, 3.8) is 0 Å². The molecule has 0 bridgehead atoms. The summed E-state index contributed by atoms with van der Waals surface area (Å²) in [4.78, 5) is 25.3. The van der Waals surface area contributed by atoms with Gasteiger partial charge in [-0.25, -0.2) is 0 Å². The molecule has 106 valence electrons. The third-order valence-corrected chi connectivity index (χ3v) is 3.47.